The van der Waals surface area contributed by atoms with Crippen LogP contribution in [0.25, 0.3) is 0 Å². The highest BCUT2D eigenvalue weighted by atomic mass is 32.2. The van der Waals surface area contributed by atoms with E-state index in [-0.39, 0.29) is 10.5 Å². The summed E-state index contributed by atoms with van der Waals surface area (Å²) in [5.41, 5.74) is 0.255. The van der Waals surface area contributed by atoms with E-state index in [2.05, 4.69) is 5.32 Å². The summed E-state index contributed by atoms with van der Waals surface area (Å²) < 4.78 is 38.4. The van der Waals surface area contributed by atoms with Crippen LogP contribution in [0.2, 0.25) is 0 Å². The lowest BCUT2D eigenvalue weighted by Crippen LogP contribution is -2.43. The number of hydrogen-bond donors (Lipinski definition) is 1. The third kappa shape index (κ3) is 6.20. The Kier molecular flexibility index (Phi) is 7.79. The standard InChI is InChI=1S/C22H33N3O6S/c1-22(2,3)23-20(26)16-31-21(27)18-15-17(32(28,29)25-9-5-4-6-10-25)7-8-19(18)24-11-13-30-14-12-24/h7-8,15H,4-6,9-14,16H2,1-3H3,(H,23,26). The van der Waals surface area contributed by atoms with E-state index in [1.807, 2.05) is 25.7 Å². The SMILES string of the molecule is CC(C)(C)NC(=O)COC(=O)c1cc(S(=O)(=O)N2CCCCC2)ccc1N1CCOCC1. The largest absolute Gasteiger partial charge is 0.452 e. The predicted octanol–water partition coefficient (Wildman–Crippen LogP) is 1.77. The summed E-state index contributed by atoms with van der Waals surface area (Å²) in [5.74, 6) is -1.15. The highest BCUT2D eigenvalue weighted by Crippen LogP contribution is 2.28. The lowest BCUT2D eigenvalue weighted by molar-refractivity contribution is -0.125. The Morgan fingerprint density at radius 2 is 1.72 bits per heavy atom. The second-order valence-electron chi connectivity index (χ2n) is 9.12. The smallest absolute Gasteiger partial charge is 0.340 e. The summed E-state index contributed by atoms with van der Waals surface area (Å²) in [6, 6.07) is 4.56. The molecule has 10 heteroatoms. The number of hydrogen-bond acceptors (Lipinski definition) is 7. The second kappa shape index (κ2) is 10.2. The van der Waals surface area contributed by atoms with Crippen LogP contribution in [0.4, 0.5) is 5.69 Å². The summed E-state index contributed by atoms with van der Waals surface area (Å²) in [7, 11) is -3.72. The second-order valence-corrected chi connectivity index (χ2v) is 11.1. The normalized spacial score (nSPS) is 18.3. The molecule has 2 aliphatic heterocycles. The van der Waals surface area contributed by atoms with Gasteiger partial charge in [-0.2, -0.15) is 4.31 Å². The van der Waals surface area contributed by atoms with E-state index < -0.39 is 34.0 Å². The van der Waals surface area contributed by atoms with Crippen molar-refractivity contribution in [1.29, 1.82) is 0 Å². The van der Waals surface area contributed by atoms with Crippen LogP contribution in [0.1, 0.15) is 50.4 Å². The van der Waals surface area contributed by atoms with Gasteiger partial charge in [0.25, 0.3) is 5.91 Å². The molecule has 0 saturated carbocycles. The van der Waals surface area contributed by atoms with Gasteiger partial charge in [0.05, 0.1) is 29.4 Å². The first-order valence-corrected chi connectivity index (χ1v) is 12.5. The number of nitrogens with zero attached hydrogens (tertiary/aromatic N) is 2. The van der Waals surface area contributed by atoms with Gasteiger partial charge in [-0.1, -0.05) is 6.42 Å². The maximum absolute atomic E-state index is 13.1. The number of sulfonamides is 1. The molecule has 1 amide bonds. The van der Waals surface area contributed by atoms with Crippen LogP contribution in [0.5, 0.6) is 0 Å². The Hall–Kier alpha value is -2.17. The van der Waals surface area contributed by atoms with Crippen molar-refractivity contribution in [2.45, 2.75) is 50.5 Å². The zero-order valence-electron chi connectivity index (χ0n) is 19.1. The van der Waals surface area contributed by atoms with Crippen molar-refractivity contribution < 1.29 is 27.5 Å². The maximum atomic E-state index is 13.1. The zero-order chi connectivity index (χ0) is 23.4. The number of morpholine rings is 1. The van der Waals surface area contributed by atoms with Gasteiger partial charge in [0, 0.05) is 31.7 Å². The molecule has 32 heavy (non-hydrogen) atoms. The van der Waals surface area contributed by atoms with Gasteiger partial charge in [0.2, 0.25) is 10.0 Å². The topological polar surface area (TPSA) is 105 Å². The summed E-state index contributed by atoms with van der Waals surface area (Å²) in [4.78, 5) is 27.1. The van der Waals surface area contributed by atoms with Gasteiger partial charge in [0.15, 0.2) is 6.61 Å². The molecule has 2 heterocycles. The van der Waals surface area contributed by atoms with Gasteiger partial charge in [-0.05, 0) is 51.8 Å². The van der Waals surface area contributed by atoms with Gasteiger partial charge >= 0.3 is 5.97 Å². The Morgan fingerprint density at radius 3 is 2.34 bits per heavy atom. The molecule has 2 aliphatic rings. The van der Waals surface area contributed by atoms with Gasteiger partial charge in [-0.25, -0.2) is 13.2 Å². The van der Waals surface area contributed by atoms with E-state index in [0.717, 1.165) is 19.3 Å². The fourth-order valence-electron chi connectivity index (χ4n) is 3.84. The van der Waals surface area contributed by atoms with Gasteiger partial charge < -0.3 is 19.7 Å². The highest BCUT2D eigenvalue weighted by Gasteiger charge is 2.29. The molecule has 0 aliphatic carbocycles. The third-order valence-electron chi connectivity index (χ3n) is 5.34. The average molecular weight is 468 g/mol. The van der Waals surface area contributed by atoms with Crippen LogP contribution in [0, 0.1) is 0 Å². The van der Waals surface area contributed by atoms with Crippen LogP contribution >= 0.6 is 0 Å². The summed E-state index contributed by atoms with van der Waals surface area (Å²) >= 11 is 0. The van der Waals surface area contributed by atoms with Crippen molar-refractivity contribution in [3.63, 3.8) is 0 Å². The molecule has 0 spiro atoms. The first kappa shape index (κ1) is 24.5. The number of benzene rings is 1. The van der Waals surface area contributed by atoms with E-state index in [0.29, 0.717) is 45.1 Å². The summed E-state index contributed by atoms with van der Waals surface area (Å²) in [6.45, 7) is 8.16. The van der Waals surface area contributed by atoms with Crippen LogP contribution in [-0.4, -0.2) is 76.1 Å². The third-order valence-corrected chi connectivity index (χ3v) is 7.24. The molecule has 0 atom stereocenters. The zero-order valence-corrected chi connectivity index (χ0v) is 19.9. The molecule has 178 valence electrons. The Balaban J connectivity index is 1.87. The van der Waals surface area contributed by atoms with Crippen LogP contribution in [0.3, 0.4) is 0 Å². The minimum absolute atomic E-state index is 0.0579. The lowest BCUT2D eigenvalue weighted by atomic mass is 10.1. The lowest BCUT2D eigenvalue weighted by Gasteiger charge is -2.31. The quantitative estimate of drug-likeness (QED) is 0.636. The molecule has 0 bridgehead atoms. The van der Waals surface area contributed by atoms with Crippen molar-refractivity contribution in [2.24, 2.45) is 0 Å². The number of rotatable bonds is 6. The Bertz CT molecular complexity index is 929. The van der Waals surface area contributed by atoms with Crippen molar-refractivity contribution in [2.75, 3.05) is 50.9 Å². The Labute approximate surface area is 190 Å². The van der Waals surface area contributed by atoms with Crippen molar-refractivity contribution in [1.82, 2.24) is 9.62 Å². The monoisotopic (exact) mass is 467 g/mol. The minimum Gasteiger partial charge on any atom is -0.452 e. The van der Waals surface area contributed by atoms with Crippen molar-refractivity contribution in [3.8, 4) is 0 Å². The van der Waals surface area contributed by atoms with Gasteiger partial charge in [-0.15, -0.1) is 0 Å². The molecular formula is C22H33N3O6S. The molecular weight excluding hydrogens is 434 g/mol. The van der Waals surface area contributed by atoms with E-state index in [1.165, 1.54) is 16.4 Å². The molecule has 1 aromatic rings. The average Bonchev–Trinajstić information content (AvgIpc) is 2.77. The fraction of sp³-hybridized carbons (Fsp3) is 0.636. The van der Waals surface area contributed by atoms with Gasteiger partial charge in [0.1, 0.15) is 0 Å². The van der Waals surface area contributed by atoms with Gasteiger partial charge in [-0.3, -0.25) is 4.79 Å². The number of carbonyl (C=O) groups excluding carboxylic acids is 2. The highest BCUT2D eigenvalue weighted by molar-refractivity contribution is 7.89. The molecule has 1 N–H and O–H groups in total. The number of carbonyl (C=O) groups is 2. The molecule has 0 radical (unpaired) electrons. The predicted molar refractivity (Wildman–Crippen MR) is 120 cm³/mol. The first-order valence-electron chi connectivity index (χ1n) is 11.0. The molecule has 0 aromatic heterocycles. The van der Waals surface area contributed by atoms with Crippen LogP contribution < -0.4 is 10.2 Å². The molecule has 1 aromatic carbocycles. The molecule has 2 fully saturated rings. The number of ether oxygens (including phenoxy) is 2. The number of amides is 1. The molecule has 3 rings (SSSR count). The molecule has 9 nitrogen and oxygen atoms in total. The fourth-order valence-corrected chi connectivity index (χ4v) is 5.38. The number of esters is 1. The number of piperidine rings is 1. The van der Waals surface area contributed by atoms with E-state index >= 15 is 0 Å². The Morgan fingerprint density at radius 1 is 1.06 bits per heavy atom. The number of nitrogens with one attached hydrogen (secondary N) is 1. The first-order chi connectivity index (χ1) is 15.1. The number of anilines is 1. The van der Waals surface area contributed by atoms with E-state index in [9.17, 15) is 18.0 Å². The van der Waals surface area contributed by atoms with E-state index in [4.69, 9.17) is 9.47 Å². The van der Waals surface area contributed by atoms with E-state index in [1.54, 1.807) is 6.07 Å². The molecule has 0 unspecified atom stereocenters. The summed E-state index contributed by atoms with van der Waals surface area (Å²) in [5, 5.41) is 2.74. The van der Waals surface area contributed by atoms with Crippen LogP contribution in [-0.2, 0) is 24.3 Å². The van der Waals surface area contributed by atoms with Crippen molar-refractivity contribution in [3.05, 3.63) is 23.8 Å². The van der Waals surface area contributed by atoms with Crippen molar-refractivity contribution >= 4 is 27.6 Å². The maximum Gasteiger partial charge on any atom is 0.340 e. The molecule has 2 saturated heterocycles. The summed E-state index contributed by atoms with van der Waals surface area (Å²) in [6.07, 6.45) is 2.65. The van der Waals surface area contributed by atoms with Crippen LogP contribution in [0.15, 0.2) is 23.1 Å². The minimum atomic E-state index is -3.72.